The van der Waals surface area contributed by atoms with Gasteiger partial charge >= 0.3 is 0 Å². The summed E-state index contributed by atoms with van der Waals surface area (Å²) in [4.78, 5) is 12.8. The third kappa shape index (κ3) is 3.80. The van der Waals surface area contributed by atoms with Gasteiger partial charge in [-0.05, 0) is 35.7 Å². The van der Waals surface area contributed by atoms with Gasteiger partial charge < -0.3 is 14.8 Å². The Kier molecular flexibility index (Phi) is 4.93. The Labute approximate surface area is 166 Å². The van der Waals surface area contributed by atoms with E-state index in [0.29, 0.717) is 30.4 Å². The maximum absolute atomic E-state index is 12.8. The number of carbonyl (C=O) groups excluding carboxylic acids is 1. The Balaban J connectivity index is 1.57. The molecule has 0 saturated heterocycles. The van der Waals surface area contributed by atoms with Gasteiger partial charge in [-0.25, -0.2) is 8.42 Å². The molecule has 1 aliphatic heterocycles. The van der Waals surface area contributed by atoms with E-state index in [-0.39, 0.29) is 15.5 Å². The maximum atomic E-state index is 12.8. The monoisotopic (exact) mass is 416 g/mol. The Morgan fingerprint density at radius 1 is 0.964 bits per heavy atom. The van der Waals surface area contributed by atoms with Gasteiger partial charge in [-0.3, -0.25) is 9.52 Å². The van der Waals surface area contributed by atoms with Crippen LogP contribution in [-0.4, -0.2) is 27.5 Å². The van der Waals surface area contributed by atoms with Gasteiger partial charge in [-0.15, -0.1) is 11.3 Å². The normalized spacial score (nSPS) is 13.0. The van der Waals surface area contributed by atoms with E-state index in [9.17, 15) is 13.2 Å². The Bertz CT molecular complexity index is 1110. The van der Waals surface area contributed by atoms with Gasteiger partial charge in [-0.1, -0.05) is 18.2 Å². The number of para-hydroxylation sites is 1. The van der Waals surface area contributed by atoms with Crippen LogP contribution < -0.4 is 19.5 Å². The molecule has 9 heteroatoms. The fourth-order valence-electron chi connectivity index (χ4n) is 2.70. The molecule has 2 N–H and O–H groups in total. The lowest BCUT2D eigenvalue weighted by atomic mass is 10.1. The fraction of sp³-hybridized carbons (Fsp3) is 0.105. The highest BCUT2D eigenvalue weighted by molar-refractivity contribution is 7.94. The number of sulfonamides is 1. The fourth-order valence-corrected chi connectivity index (χ4v) is 4.77. The van der Waals surface area contributed by atoms with Gasteiger partial charge in [0.15, 0.2) is 11.5 Å². The number of carbonyl (C=O) groups is 1. The van der Waals surface area contributed by atoms with Gasteiger partial charge in [0.25, 0.3) is 15.9 Å². The summed E-state index contributed by atoms with van der Waals surface area (Å²) in [7, 11) is -3.76. The van der Waals surface area contributed by atoms with Crippen LogP contribution in [0.2, 0.25) is 0 Å². The van der Waals surface area contributed by atoms with Crippen LogP contribution in [0.4, 0.5) is 11.4 Å². The van der Waals surface area contributed by atoms with Crippen LogP contribution in [0.15, 0.2) is 64.2 Å². The Morgan fingerprint density at radius 3 is 2.54 bits per heavy atom. The topological polar surface area (TPSA) is 93.7 Å². The zero-order chi connectivity index (χ0) is 19.6. The summed E-state index contributed by atoms with van der Waals surface area (Å²) in [6.07, 6.45) is 0. The minimum atomic E-state index is -3.76. The van der Waals surface area contributed by atoms with E-state index in [2.05, 4.69) is 10.0 Å². The Morgan fingerprint density at radius 2 is 1.75 bits per heavy atom. The van der Waals surface area contributed by atoms with Crippen LogP contribution in [0, 0.1) is 0 Å². The highest BCUT2D eigenvalue weighted by atomic mass is 32.2. The van der Waals surface area contributed by atoms with E-state index in [4.69, 9.17) is 9.47 Å². The number of hydrogen-bond donors (Lipinski definition) is 2. The molecule has 0 aliphatic carbocycles. The zero-order valence-electron chi connectivity index (χ0n) is 14.5. The molecule has 1 aliphatic rings. The van der Waals surface area contributed by atoms with Crippen molar-refractivity contribution in [3.63, 3.8) is 0 Å². The van der Waals surface area contributed by atoms with Crippen molar-refractivity contribution < 1.29 is 22.7 Å². The first-order valence-electron chi connectivity index (χ1n) is 8.39. The summed E-state index contributed by atoms with van der Waals surface area (Å²) < 4.78 is 38.6. The number of benzene rings is 2. The molecule has 0 bridgehead atoms. The van der Waals surface area contributed by atoms with E-state index in [0.717, 1.165) is 11.3 Å². The molecule has 0 radical (unpaired) electrons. The van der Waals surface area contributed by atoms with Crippen molar-refractivity contribution in [2.24, 2.45) is 0 Å². The SMILES string of the molecule is O=C(Nc1ccc2c(c1)OCCO2)c1ccccc1NS(=O)(=O)c1cccs1. The van der Waals surface area contributed by atoms with Gasteiger partial charge in [0.05, 0.1) is 11.3 Å². The summed E-state index contributed by atoms with van der Waals surface area (Å²) in [5.74, 6) is 0.727. The van der Waals surface area contributed by atoms with Gasteiger partial charge in [0.2, 0.25) is 0 Å². The minimum Gasteiger partial charge on any atom is -0.486 e. The first kappa shape index (κ1) is 18.3. The largest absolute Gasteiger partial charge is 0.486 e. The van der Waals surface area contributed by atoms with Crippen molar-refractivity contribution in [3.8, 4) is 11.5 Å². The molecule has 0 saturated carbocycles. The smallest absolute Gasteiger partial charge is 0.271 e. The van der Waals surface area contributed by atoms with Crippen molar-refractivity contribution in [1.29, 1.82) is 0 Å². The van der Waals surface area contributed by atoms with Crippen LogP contribution in [0.3, 0.4) is 0 Å². The minimum absolute atomic E-state index is 0.176. The highest BCUT2D eigenvalue weighted by Crippen LogP contribution is 2.33. The van der Waals surface area contributed by atoms with Crippen LogP contribution in [0.1, 0.15) is 10.4 Å². The second-order valence-corrected chi connectivity index (χ2v) is 8.75. The summed E-state index contributed by atoms with van der Waals surface area (Å²) in [6, 6.07) is 14.7. The Hall–Kier alpha value is -3.04. The van der Waals surface area contributed by atoms with Crippen LogP contribution in [0.5, 0.6) is 11.5 Å². The quantitative estimate of drug-likeness (QED) is 0.663. The number of fused-ring (bicyclic) bond motifs is 1. The number of anilines is 2. The third-order valence-electron chi connectivity index (χ3n) is 3.98. The van der Waals surface area contributed by atoms with Crippen molar-refractivity contribution in [2.45, 2.75) is 4.21 Å². The number of amides is 1. The molecule has 2 aromatic carbocycles. The first-order chi connectivity index (χ1) is 13.5. The molecule has 4 rings (SSSR count). The predicted octanol–water partition coefficient (Wildman–Crippen LogP) is 3.57. The molecule has 0 atom stereocenters. The maximum Gasteiger partial charge on any atom is 0.271 e. The van der Waals surface area contributed by atoms with Gasteiger partial charge in [-0.2, -0.15) is 0 Å². The molecular weight excluding hydrogens is 400 g/mol. The number of nitrogens with one attached hydrogen (secondary N) is 2. The lowest BCUT2D eigenvalue weighted by molar-refractivity contribution is 0.102. The van der Waals surface area contributed by atoms with Crippen molar-refractivity contribution in [2.75, 3.05) is 23.3 Å². The van der Waals surface area contributed by atoms with Crippen molar-refractivity contribution >= 4 is 38.6 Å². The molecular formula is C19H16N2O5S2. The highest BCUT2D eigenvalue weighted by Gasteiger charge is 2.20. The van der Waals surface area contributed by atoms with E-state index < -0.39 is 15.9 Å². The molecule has 3 aromatic rings. The number of rotatable bonds is 5. The third-order valence-corrected chi connectivity index (χ3v) is 6.74. The van der Waals surface area contributed by atoms with E-state index in [1.807, 2.05) is 0 Å². The number of ether oxygens (including phenoxy) is 2. The summed E-state index contributed by atoms with van der Waals surface area (Å²) >= 11 is 1.10. The molecule has 1 aromatic heterocycles. The van der Waals surface area contributed by atoms with E-state index in [1.165, 1.54) is 6.07 Å². The van der Waals surface area contributed by atoms with Gasteiger partial charge in [0.1, 0.15) is 17.4 Å². The van der Waals surface area contributed by atoms with Crippen LogP contribution in [-0.2, 0) is 10.0 Å². The standard InChI is InChI=1S/C19H16N2O5S2/c22-19(20-13-7-8-16-17(12-13)26-10-9-25-16)14-4-1-2-5-15(14)21-28(23,24)18-6-3-11-27-18/h1-8,11-12,21H,9-10H2,(H,20,22). The van der Waals surface area contributed by atoms with Crippen molar-refractivity contribution in [1.82, 2.24) is 0 Å². The molecule has 144 valence electrons. The molecule has 0 spiro atoms. The summed E-state index contributed by atoms with van der Waals surface area (Å²) in [5, 5.41) is 4.44. The van der Waals surface area contributed by atoms with Crippen LogP contribution in [0.25, 0.3) is 0 Å². The van der Waals surface area contributed by atoms with E-state index in [1.54, 1.807) is 53.9 Å². The molecule has 28 heavy (non-hydrogen) atoms. The summed E-state index contributed by atoms with van der Waals surface area (Å²) in [6.45, 7) is 0.925. The summed E-state index contributed by atoms with van der Waals surface area (Å²) in [5.41, 5.74) is 0.925. The predicted molar refractivity (Wildman–Crippen MR) is 107 cm³/mol. The molecule has 0 unspecified atom stereocenters. The molecule has 1 amide bonds. The average molecular weight is 416 g/mol. The second kappa shape index (κ2) is 7.53. The lowest BCUT2D eigenvalue weighted by Gasteiger charge is -2.19. The lowest BCUT2D eigenvalue weighted by Crippen LogP contribution is -2.19. The molecule has 0 fully saturated rings. The van der Waals surface area contributed by atoms with E-state index >= 15 is 0 Å². The van der Waals surface area contributed by atoms with Gasteiger partial charge in [0, 0.05) is 11.8 Å². The average Bonchev–Trinajstić information content (AvgIpc) is 3.24. The number of thiophene rings is 1. The first-order valence-corrected chi connectivity index (χ1v) is 10.8. The zero-order valence-corrected chi connectivity index (χ0v) is 16.2. The number of hydrogen-bond acceptors (Lipinski definition) is 6. The molecule has 2 heterocycles. The van der Waals surface area contributed by atoms with Crippen LogP contribution >= 0.6 is 11.3 Å². The van der Waals surface area contributed by atoms with Crippen molar-refractivity contribution in [3.05, 3.63) is 65.5 Å². The second-order valence-electron chi connectivity index (χ2n) is 5.90. The molecule has 7 nitrogen and oxygen atoms in total.